The molecular weight excluding hydrogens is 264 g/mol. The molecule has 0 N–H and O–H groups in total. The number of hydrogen-bond acceptors (Lipinski definition) is 4. The highest BCUT2D eigenvalue weighted by Crippen LogP contribution is 2.32. The zero-order valence-electron chi connectivity index (χ0n) is 12.3. The van der Waals surface area contributed by atoms with Gasteiger partial charge in [0, 0.05) is 12.7 Å². The number of nitrogens with zero attached hydrogens (tertiary/aromatic N) is 2. The van der Waals surface area contributed by atoms with Gasteiger partial charge in [-0.25, -0.2) is 0 Å². The second kappa shape index (κ2) is 6.59. The number of hydrogen-bond donors (Lipinski definition) is 0. The van der Waals surface area contributed by atoms with E-state index in [1.54, 1.807) is 19.5 Å². The van der Waals surface area contributed by atoms with Crippen LogP contribution in [0.25, 0.3) is 0 Å². The fourth-order valence-electron chi connectivity index (χ4n) is 2.63. The second-order valence-electron chi connectivity index (χ2n) is 5.26. The molecule has 0 amide bonds. The summed E-state index contributed by atoms with van der Waals surface area (Å²) < 4.78 is 11.3. The minimum atomic E-state index is 0.717. The summed E-state index contributed by atoms with van der Waals surface area (Å²) >= 11 is 0. The molecule has 4 heteroatoms. The molecule has 0 radical (unpaired) electrons. The van der Waals surface area contributed by atoms with Crippen LogP contribution in [0.2, 0.25) is 0 Å². The molecule has 1 aliphatic heterocycles. The first-order chi connectivity index (χ1) is 10.3. The Labute approximate surface area is 125 Å². The third-order valence-electron chi connectivity index (χ3n) is 3.70. The second-order valence-corrected chi connectivity index (χ2v) is 5.26. The average molecular weight is 284 g/mol. The number of methoxy groups -OCH3 is 1. The summed E-state index contributed by atoms with van der Waals surface area (Å²) in [6.07, 6.45) is 6.03. The first-order valence-corrected chi connectivity index (χ1v) is 7.32. The van der Waals surface area contributed by atoms with Gasteiger partial charge in [0.15, 0.2) is 11.5 Å². The lowest BCUT2D eigenvalue weighted by molar-refractivity contribution is 0.329. The van der Waals surface area contributed by atoms with Gasteiger partial charge in [-0.2, -0.15) is 0 Å². The smallest absolute Gasteiger partial charge is 0.169 e. The summed E-state index contributed by atoms with van der Waals surface area (Å²) in [5.74, 6) is 2.19. The molecule has 1 fully saturated rings. The van der Waals surface area contributed by atoms with Gasteiger partial charge in [-0.05, 0) is 55.8 Å². The van der Waals surface area contributed by atoms with Crippen molar-refractivity contribution in [1.82, 2.24) is 9.88 Å². The van der Waals surface area contributed by atoms with Crippen LogP contribution in [-0.2, 0) is 6.54 Å². The molecular formula is C17H20N2O2. The Bertz CT molecular complexity index is 581. The van der Waals surface area contributed by atoms with Crippen molar-refractivity contribution in [2.75, 3.05) is 20.2 Å². The van der Waals surface area contributed by atoms with E-state index in [1.165, 1.54) is 31.5 Å². The Kier molecular flexibility index (Phi) is 4.36. The maximum Gasteiger partial charge on any atom is 0.169 e. The van der Waals surface area contributed by atoms with E-state index in [2.05, 4.69) is 22.0 Å². The van der Waals surface area contributed by atoms with Crippen LogP contribution < -0.4 is 9.47 Å². The van der Waals surface area contributed by atoms with Crippen LogP contribution in [0.3, 0.4) is 0 Å². The number of benzene rings is 1. The Hall–Kier alpha value is -2.07. The third-order valence-corrected chi connectivity index (χ3v) is 3.70. The quantitative estimate of drug-likeness (QED) is 0.842. The molecule has 0 saturated carbocycles. The molecule has 0 spiro atoms. The zero-order valence-corrected chi connectivity index (χ0v) is 12.3. The normalized spacial score (nSPS) is 15.1. The molecule has 0 bridgehead atoms. The van der Waals surface area contributed by atoms with Crippen LogP contribution in [0.1, 0.15) is 18.4 Å². The first kappa shape index (κ1) is 13.9. The molecule has 3 rings (SSSR count). The van der Waals surface area contributed by atoms with Gasteiger partial charge in [0.25, 0.3) is 0 Å². The highest BCUT2D eigenvalue weighted by molar-refractivity contribution is 5.45. The van der Waals surface area contributed by atoms with E-state index in [9.17, 15) is 0 Å². The number of aromatic nitrogens is 1. The highest BCUT2D eigenvalue weighted by Gasteiger charge is 2.13. The molecule has 21 heavy (non-hydrogen) atoms. The van der Waals surface area contributed by atoms with Gasteiger partial charge < -0.3 is 9.47 Å². The van der Waals surface area contributed by atoms with Crippen molar-refractivity contribution >= 4 is 0 Å². The maximum atomic E-state index is 5.90. The number of pyridine rings is 1. The Morgan fingerprint density at radius 2 is 2.00 bits per heavy atom. The summed E-state index contributed by atoms with van der Waals surface area (Å²) in [4.78, 5) is 6.54. The van der Waals surface area contributed by atoms with Crippen molar-refractivity contribution in [1.29, 1.82) is 0 Å². The molecule has 1 aromatic heterocycles. The first-order valence-electron chi connectivity index (χ1n) is 7.32. The summed E-state index contributed by atoms with van der Waals surface area (Å²) in [7, 11) is 1.66. The van der Waals surface area contributed by atoms with Crippen LogP contribution >= 0.6 is 0 Å². The number of ether oxygens (including phenoxy) is 2. The molecule has 2 aromatic rings. The molecule has 4 nitrogen and oxygen atoms in total. The van der Waals surface area contributed by atoms with E-state index in [-0.39, 0.29) is 0 Å². The summed E-state index contributed by atoms with van der Waals surface area (Å²) in [5, 5.41) is 0. The third kappa shape index (κ3) is 3.52. The van der Waals surface area contributed by atoms with E-state index in [1.807, 2.05) is 18.2 Å². The molecule has 1 aromatic carbocycles. The summed E-state index contributed by atoms with van der Waals surface area (Å²) in [6, 6.07) is 9.88. The fourth-order valence-corrected chi connectivity index (χ4v) is 2.63. The van der Waals surface area contributed by atoms with Gasteiger partial charge >= 0.3 is 0 Å². The topological polar surface area (TPSA) is 34.6 Å². The predicted molar refractivity (Wildman–Crippen MR) is 81.8 cm³/mol. The van der Waals surface area contributed by atoms with Crippen molar-refractivity contribution < 1.29 is 9.47 Å². The van der Waals surface area contributed by atoms with Gasteiger partial charge in [0.05, 0.1) is 13.3 Å². The monoisotopic (exact) mass is 284 g/mol. The molecule has 0 atom stereocenters. The lowest BCUT2D eigenvalue weighted by Gasteiger charge is -2.16. The SMILES string of the molecule is COc1ccc(CN2CCCC2)cc1Oc1cccnc1. The summed E-state index contributed by atoms with van der Waals surface area (Å²) in [6.45, 7) is 3.34. The minimum Gasteiger partial charge on any atom is -0.493 e. The van der Waals surface area contributed by atoms with Crippen LogP contribution in [0, 0.1) is 0 Å². The van der Waals surface area contributed by atoms with Crippen molar-refractivity contribution in [3.8, 4) is 17.2 Å². The molecule has 110 valence electrons. The largest absolute Gasteiger partial charge is 0.493 e. The van der Waals surface area contributed by atoms with E-state index < -0.39 is 0 Å². The van der Waals surface area contributed by atoms with Gasteiger partial charge in [-0.15, -0.1) is 0 Å². The zero-order chi connectivity index (χ0) is 14.5. The molecule has 2 heterocycles. The van der Waals surface area contributed by atoms with E-state index >= 15 is 0 Å². The molecule has 0 unspecified atom stereocenters. The lowest BCUT2D eigenvalue weighted by Crippen LogP contribution is -2.18. The van der Waals surface area contributed by atoms with Crippen LogP contribution in [0.15, 0.2) is 42.7 Å². The van der Waals surface area contributed by atoms with Crippen molar-refractivity contribution in [3.63, 3.8) is 0 Å². The summed E-state index contributed by atoms with van der Waals surface area (Å²) in [5.41, 5.74) is 1.25. The molecule has 1 aliphatic rings. The number of rotatable bonds is 5. The van der Waals surface area contributed by atoms with Crippen molar-refractivity contribution in [3.05, 3.63) is 48.3 Å². The maximum absolute atomic E-state index is 5.90. The van der Waals surface area contributed by atoms with Crippen LogP contribution in [0.4, 0.5) is 0 Å². The Balaban J connectivity index is 1.79. The Morgan fingerprint density at radius 3 is 2.71 bits per heavy atom. The van der Waals surface area contributed by atoms with E-state index in [0.717, 1.165) is 18.0 Å². The van der Waals surface area contributed by atoms with Crippen molar-refractivity contribution in [2.24, 2.45) is 0 Å². The van der Waals surface area contributed by atoms with Gasteiger partial charge in [-0.3, -0.25) is 9.88 Å². The minimum absolute atomic E-state index is 0.717. The lowest BCUT2D eigenvalue weighted by atomic mass is 10.2. The highest BCUT2D eigenvalue weighted by atomic mass is 16.5. The standard InChI is InChI=1S/C17H20N2O2/c1-20-16-7-6-14(13-19-9-2-3-10-19)11-17(16)21-15-5-4-8-18-12-15/h4-8,11-12H,2-3,9-10,13H2,1H3. The van der Waals surface area contributed by atoms with Crippen molar-refractivity contribution in [2.45, 2.75) is 19.4 Å². The van der Waals surface area contributed by atoms with Crippen LogP contribution in [0.5, 0.6) is 17.2 Å². The van der Waals surface area contributed by atoms with Gasteiger partial charge in [0.1, 0.15) is 5.75 Å². The fraction of sp³-hybridized carbons (Fsp3) is 0.353. The molecule has 1 saturated heterocycles. The van der Waals surface area contributed by atoms with Gasteiger partial charge in [-0.1, -0.05) is 6.07 Å². The average Bonchev–Trinajstić information content (AvgIpc) is 3.02. The predicted octanol–water partition coefficient (Wildman–Crippen LogP) is 3.48. The van der Waals surface area contributed by atoms with E-state index in [0.29, 0.717) is 5.75 Å². The molecule has 0 aliphatic carbocycles. The number of likely N-dealkylation sites (tertiary alicyclic amines) is 1. The Morgan fingerprint density at radius 1 is 1.14 bits per heavy atom. The van der Waals surface area contributed by atoms with Crippen LogP contribution in [-0.4, -0.2) is 30.1 Å². The van der Waals surface area contributed by atoms with Gasteiger partial charge in [0.2, 0.25) is 0 Å². The van der Waals surface area contributed by atoms with E-state index in [4.69, 9.17) is 9.47 Å².